The van der Waals surface area contributed by atoms with E-state index < -0.39 is 5.60 Å². The second-order valence-electron chi connectivity index (χ2n) is 4.63. The number of hydrogen-bond donors (Lipinski definition) is 1. The molecule has 1 N–H and O–H groups in total. The first-order valence-electron chi connectivity index (χ1n) is 5.77. The third kappa shape index (κ3) is 2.71. The summed E-state index contributed by atoms with van der Waals surface area (Å²) < 4.78 is 0. The number of aliphatic hydroxyl groups is 1. The molecule has 1 unspecified atom stereocenters. The predicted octanol–water partition coefficient (Wildman–Crippen LogP) is 2.84. The van der Waals surface area contributed by atoms with E-state index in [-0.39, 0.29) is 0 Å². The Morgan fingerprint density at radius 3 is 2.59 bits per heavy atom. The van der Waals surface area contributed by atoms with Crippen LogP contribution in [0.5, 0.6) is 0 Å². The minimum absolute atomic E-state index is 0.575. The van der Waals surface area contributed by atoms with Crippen molar-refractivity contribution < 1.29 is 5.11 Å². The van der Waals surface area contributed by atoms with Crippen LogP contribution in [0.2, 0.25) is 0 Å². The molecule has 0 amide bonds. The van der Waals surface area contributed by atoms with Gasteiger partial charge in [0.1, 0.15) is 0 Å². The van der Waals surface area contributed by atoms with Crippen LogP contribution in [0.25, 0.3) is 0 Å². The molecule has 0 bridgehead atoms. The van der Waals surface area contributed by atoms with Gasteiger partial charge in [-0.1, -0.05) is 30.3 Å². The van der Waals surface area contributed by atoms with Crippen molar-refractivity contribution in [2.75, 3.05) is 0 Å². The summed E-state index contributed by atoms with van der Waals surface area (Å²) >= 11 is 0. The third-order valence-corrected chi connectivity index (χ3v) is 3.00. The predicted molar refractivity (Wildman–Crippen MR) is 68.7 cm³/mol. The highest BCUT2D eigenvalue weighted by Gasteiger charge is 2.24. The highest BCUT2D eigenvalue weighted by Crippen LogP contribution is 2.27. The Bertz CT molecular complexity index is 491. The van der Waals surface area contributed by atoms with Gasteiger partial charge in [-0.05, 0) is 36.6 Å². The summed E-state index contributed by atoms with van der Waals surface area (Å²) in [5.41, 5.74) is 2.28. The summed E-state index contributed by atoms with van der Waals surface area (Å²) in [6.07, 6.45) is 4.12. The molecule has 0 aliphatic rings. The molecule has 0 saturated heterocycles. The molecular weight excluding hydrogens is 210 g/mol. The molecule has 0 saturated carbocycles. The Hall–Kier alpha value is -1.67. The van der Waals surface area contributed by atoms with Crippen molar-refractivity contribution in [3.05, 3.63) is 65.5 Å². The van der Waals surface area contributed by atoms with Crippen molar-refractivity contribution in [3.63, 3.8) is 0 Å². The molecule has 1 heterocycles. The van der Waals surface area contributed by atoms with Crippen LogP contribution in [0, 0.1) is 6.92 Å². The van der Waals surface area contributed by atoms with E-state index in [4.69, 9.17) is 0 Å². The van der Waals surface area contributed by atoms with Gasteiger partial charge < -0.3 is 5.11 Å². The van der Waals surface area contributed by atoms with Gasteiger partial charge in [-0.25, -0.2) is 0 Å². The number of rotatable bonds is 3. The maximum atomic E-state index is 10.6. The van der Waals surface area contributed by atoms with Crippen LogP contribution in [0.1, 0.15) is 23.6 Å². The zero-order valence-electron chi connectivity index (χ0n) is 10.2. The van der Waals surface area contributed by atoms with Crippen molar-refractivity contribution in [2.24, 2.45) is 0 Å². The second kappa shape index (κ2) is 4.68. The van der Waals surface area contributed by atoms with E-state index in [1.54, 1.807) is 12.4 Å². The van der Waals surface area contributed by atoms with E-state index in [1.807, 2.05) is 50.2 Å². The number of aromatic nitrogens is 1. The fourth-order valence-electron chi connectivity index (χ4n) is 2.17. The molecular formula is C15H17NO. The van der Waals surface area contributed by atoms with E-state index >= 15 is 0 Å². The number of nitrogens with zero attached hydrogens (tertiary/aromatic N) is 1. The SMILES string of the molecule is Cc1ccccc1C(C)(O)Cc1cccnc1. The fourth-order valence-corrected chi connectivity index (χ4v) is 2.17. The van der Waals surface area contributed by atoms with Gasteiger partial charge in [0.2, 0.25) is 0 Å². The maximum absolute atomic E-state index is 10.6. The van der Waals surface area contributed by atoms with Crippen molar-refractivity contribution in [2.45, 2.75) is 25.9 Å². The standard InChI is InChI=1S/C15H17NO/c1-12-6-3-4-8-14(12)15(2,17)10-13-7-5-9-16-11-13/h3-9,11,17H,10H2,1-2H3. The second-order valence-corrected chi connectivity index (χ2v) is 4.63. The van der Waals surface area contributed by atoms with E-state index in [0.29, 0.717) is 6.42 Å². The number of pyridine rings is 1. The van der Waals surface area contributed by atoms with Crippen LogP contribution < -0.4 is 0 Å². The smallest absolute Gasteiger partial charge is 0.0911 e. The summed E-state index contributed by atoms with van der Waals surface area (Å²) in [6, 6.07) is 11.8. The van der Waals surface area contributed by atoms with Crippen LogP contribution in [0.15, 0.2) is 48.8 Å². The summed E-state index contributed by atoms with van der Waals surface area (Å²) in [4.78, 5) is 4.07. The first kappa shape index (κ1) is 11.8. The van der Waals surface area contributed by atoms with Crippen molar-refractivity contribution in [1.29, 1.82) is 0 Å². The monoisotopic (exact) mass is 227 g/mol. The molecule has 1 aromatic carbocycles. The van der Waals surface area contributed by atoms with Crippen LogP contribution in [-0.4, -0.2) is 10.1 Å². The maximum Gasteiger partial charge on any atom is 0.0911 e. The van der Waals surface area contributed by atoms with Gasteiger partial charge in [0.25, 0.3) is 0 Å². The molecule has 0 aliphatic carbocycles. The number of benzene rings is 1. The molecule has 88 valence electrons. The first-order chi connectivity index (χ1) is 8.09. The molecule has 0 fully saturated rings. The quantitative estimate of drug-likeness (QED) is 0.874. The molecule has 2 aromatic rings. The Morgan fingerprint density at radius 1 is 1.18 bits per heavy atom. The summed E-state index contributed by atoms with van der Waals surface area (Å²) in [6.45, 7) is 3.87. The molecule has 0 aliphatic heterocycles. The molecule has 1 aromatic heterocycles. The Morgan fingerprint density at radius 2 is 1.94 bits per heavy atom. The van der Waals surface area contributed by atoms with Gasteiger partial charge in [-0.15, -0.1) is 0 Å². The highest BCUT2D eigenvalue weighted by molar-refractivity contribution is 5.32. The molecule has 2 nitrogen and oxygen atoms in total. The first-order valence-corrected chi connectivity index (χ1v) is 5.77. The summed E-state index contributed by atoms with van der Waals surface area (Å²) in [5.74, 6) is 0. The highest BCUT2D eigenvalue weighted by atomic mass is 16.3. The molecule has 17 heavy (non-hydrogen) atoms. The molecule has 1 atom stereocenters. The van der Waals surface area contributed by atoms with E-state index in [0.717, 1.165) is 16.7 Å². The van der Waals surface area contributed by atoms with Gasteiger partial charge >= 0.3 is 0 Å². The average molecular weight is 227 g/mol. The number of hydrogen-bond acceptors (Lipinski definition) is 2. The van der Waals surface area contributed by atoms with E-state index in [9.17, 15) is 5.11 Å². The third-order valence-electron chi connectivity index (χ3n) is 3.00. The van der Waals surface area contributed by atoms with Crippen LogP contribution in [-0.2, 0) is 12.0 Å². The van der Waals surface area contributed by atoms with Gasteiger partial charge in [0.15, 0.2) is 0 Å². The Labute approximate surface area is 102 Å². The fraction of sp³-hybridized carbons (Fsp3) is 0.267. The zero-order valence-corrected chi connectivity index (χ0v) is 10.2. The largest absolute Gasteiger partial charge is 0.385 e. The van der Waals surface area contributed by atoms with Crippen molar-refractivity contribution in [3.8, 4) is 0 Å². The lowest BCUT2D eigenvalue weighted by atomic mass is 9.87. The lowest BCUT2D eigenvalue weighted by molar-refractivity contribution is 0.0569. The Balaban J connectivity index is 2.28. The normalized spacial score (nSPS) is 14.3. The van der Waals surface area contributed by atoms with Gasteiger partial charge in [-0.3, -0.25) is 4.98 Å². The summed E-state index contributed by atoms with van der Waals surface area (Å²) in [5, 5.41) is 10.6. The molecule has 0 radical (unpaired) electrons. The zero-order chi connectivity index (χ0) is 12.3. The van der Waals surface area contributed by atoms with Crippen LogP contribution >= 0.6 is 0 Å². The van der Waals surface area contributed by atoms with Gasteiger partial charge in [0.05, 0.1) is 5.60 Å². The van der Waals surface area contributed by atoms with Crippen LogP contribution in [0.3, 0.4) is 0 Å². The van der Waals surface area contributed by atoms with E-state index in [1.165, 1.54) is 0 Å². The lowest BCUT2D eigenvalue weighted by Crippen LogP contribution is -2.25. The minimum Gasteiger partial charge on any atom is -0.385 e. The van der Waals surface area contributed by atoms with Gasteiger partial charge in [0, 0.05) is 18.8 Å². The van der Waals surface area contributed by atoms with Crippen molar-refractivity contribution in [1.82, 2.24) is 4.98 Å². The average Bonchev–Trinajstić information content (AvgIpc) is 2.30. The van der Waals surface area contributed by atoms with Crippen molar-refractivity contribution >= 4 is 0 Å². The van der Waals surface area contributed by atoms with Gasteiger partial charge in [-0.2, -0.15) is 0 Å². The van der Waals surface area contributed by atoms with Crippen LogP contribution in [0.4, 0.5) is 0 Å². The molecule has 0 spiro atoms. The molecule has 2 heteroatoms. The lowest BCUT2D eigenvalue weighted by Gasteiger charge is -2.25. The molecule has 2 rings (SSSR count). The number of aryl methyl sites for hydroxylation is 1. The van der Waals surface area contributed by atoms with E-state index in [2.05, 4.69) is 4.98 Å². The summed E-state index contributed by atoms with van der Waals surface area (Å²) in [7, 11) is 0. The topological polar surface area (TPSA) is 33.1 Å². The Kier molecular flexibility index (Phi) is 3.25. The minimum atomic E-state index is -0.853.